The number of methoxy groups -OCH3 is 1. The lowest BCUT2D eigenvalue weighted by Crippen LogP contribution is -2.14. The third-order valence-corrected chi connectivity index (χ3v) is 4.35. The average molecular weight is 406 g/mol. The molecule has 2 N–H and O–H groups in total. The van der Waals surface area contributed by atoms with Crippen LogP contribution in [0.1, 0.15) is 17.2 Å². The fourth-order valence-corrected chi connectivity index (χ4v) is 3.45. The van der Waals surface area contributed by atoms with Crippen molar-refractivity contribution in [3.63, 3.8) is 0 Å². The van der Waals surface area contributed by atoms with E-state index >= 15 is 0 Å². The van der Waals surface area contributed by atoms with Gasteiger partial charge in [0.05, 0.1) is 17.6 Å². The van der Waals surface area contributed by atoms with Crippen molar-refractivity contribution in [2.24, 2.45) is 5.73 Å². The van der Waals surface area contributed by atoms with Crippen LogP contribution in [-0.4, -0.2) is 7.11 Å². The van der Waals surface area contributed by atoms with Gasteiger partial charge in [0.2, 0.25) is 0 Å². The Morgan fingerprint density at radius 1 is 1.11 bits per heavy atom. The second kappa shape index (κ2) is 6.27. The van der Waals surface area contributed by atoms with Crippen molar-refractivity contribution in [1.82, 2.24) is 0 Å². The number of hydrogen-bond donors (Lipinski definition) is 1. The number of rotatable bonds is 3. The molecule has 0 saturated carbocycles. The van der Waals surface area contributed by atoms with Crippen LogP contribution >= 0.6 is 43.5 Å². The molecule has 2 aromatic rings. The summed E-state index contributed by atoms with van der Waals surface area (Å²) in [4.78, 5) is 0. The highest BCUT2D eigenvalue weighted by Crippen LogP contribution is 2.38. The molecule has 0 amide bonds. The third-order valence-electron chi connectivity index (χ3n) is 2.82. The van der Waals surface area contributed by atoms with Crippen LogP contribution in [0.2, 0.25) is 5.02 Å². The molecule has 0 radical (unpaired) electrons. The molecule has 0 heterocycles. The molecule has 0 aliphatic rings. The Kier molecular flexibility index (Phi) is 4.90. The van der Waals surface area contributed by atoms with Crippen LogP contribution in [0.4, 0.5) is 0 Å². The van der Waals surface area contributed by atoms with E-state index in [0.717, 1.165) is 20.1 Å². The van der Waals surface area contributed by atoms with E-state index in [-0.39, 0.29) is 6.04 Å². The Labute approximate surface area is 134 Å². The first-order chi connectivity index (χ1) is 9.04. The zero-order valence-corrected chi connectivity index (χ0v) is 14.1. The third kappa shape index (κ3) is 3.14. The fourth-order valence-electron chi connectivity index (χ4n) is 1.92. The van der Waals surface area contributed by atoms with E-state index in [1.807, 2.05) is 30.3 Å². The maximum absolute atomic E-state index is 6.34. The van der Waals surface area contributed by atoms with Gasteiger partial charge in [0, 0.05) is 15.1 Å². The molecule has 0 spiro atoms. The van der Waals surface area contributed by atoms with Crippen LogP contribution in [0.15, 0.2) is 45.3 Å². The highest BCUT2D eigenvalue weighted by molar-refractivity contribution is 9.10. The van der Waals surface area contributed by atoms with Crippen LogP contribution in [0.5, 0.6) is 5.75 Å². The van der Waals surface area contributed by atoms with Gasteiger partial charge in [-0.15, -0.1) is 0 Å². The summed E-state index contributed by atoms with van der Waals surface area (Å²) in [6, 6.07) is 11.1. The second-order valence-electron chi connectivity index (χ2n) is 4.01. The Bertz CT molecular complexity index is 604. The maximum Gasteiger partial charge on any atom is 0.138 e. The summed E-state index contributed by atoms with van der Waals surface area (Å²) in [5, 5.41) is 0.616. The van der Waals surface area contributed by atoms with Crippen LogP contribution < -0.4 is 10.5 Å². The molecule has 2 nitrogen and oxygen atoms in total. The summed E-state index contributed by atoms with van der Waals surface area (Å²) in [5.41, 5.74) is 8.16. The smallest absolute Gasteiger partial charge is 0.138 e. The standard InChI is InChI=1S/C14H12Br2ClNO/c1-19-14-10(6-8(17)7-12(14)16)13(18)9-4-2-3-5-11(9)15/h2-7,13H,18H2,1H3. The predicted octanol–water partition coefficient (Wildman–Crippen LogP) is 4.92. The number of hydrogen-bond acceptors (Lipinski definition) is 2. The summed E-state index contributed by atoms with van der Waals surface area (Å²) >= 11 is 13.1. The van der Waals surface area contributed by atoms with Gasteiger partial charge in [-0.25, -0.2) is 0 Å². The van der Waals surface area contributed by atoms with Crippen molar-refractivity contribution in [2.45, 2.75) is 6.04 Å². The quantitative estimate of drug-likeness (QED) is 0.787. The molecule has 2 rings (SSSR count). The van der Waals surface area contributed by atoms with E-state index in [0.29, 0.717) is 10.8 Å². The van der Waals surface area contributed by atoms with Crippen LogP contribution in [-0.2, 0) is 0 Å². The van der Waals surface area contributed by atoms with Crippen molar-refractivity contribution < 1.29 is 4.74 Å². The molecule has 0 aliphatic carbocycles. The molecule has 19 heavy (non-hydrogen) atoms. The summed E-state index contributed by atoms with van der Waals surface area (Å²) in [7, 11) is 1.62. The molecule has 1 atom stereocenters. The molecule has 1 unspecified atom stereocenters. The van der Waals surface area contributed by atoms with Gasteiger partial charge in [-0.2, -0.15) is 0 Å². The van der Waals surface area contributed by atoms with Gasteiger partial charge in [-0.3, -0.25) is 0 Å². The van der Waals surface area contributed by atoms with Crippen LogP contribution in [0.25, 0.3) is 0 Å². The second-order valence-corrected chi connectivity index (χ2v) is 6.15. The zero-order valence-electron chi connectivity index (χ0n) is 10.2. The van der Waals surface area contributed by atoms with Crippen molar-refractivity contribution in [1.29, 1.82) is 0 Å². The lowest BCUT2D eigenvalue weighted by molar-refractivity contribution is 0.405. The van der Waals surface area contributed by atoms with E-state index in [4.69, 9.17) is 22.1 Å². The molecular weight excluding hydrogens is 393 g/mol. The van der Waals surface area contributed by atoms with Crippen molar-refractivity contribution >= 4 is 43.5 Å². The van der Waals surface area contributed by atoms with E-state index in [1.54, 1.807) is 13.2 Å². The molecular formula is C14H12Br2ClNO. The van der Waals surface area contributed by atoms with Crippen molar-refractivity contribution in [2.75, 3.05) is 7.11 Å². The lowest BCUT2D eigenvalue weighted by Gasteiger charge is -2.18. The van der Waals surface area contributed by atoms with Crippen molar-refractivity contribution in [3.05, 3.63) is 61.5 Å². The molecule has 0 aliphatic heterocycles. The minimum atomic E-state index is -0.319. The molecule has 0 saturated heterocycles. The normalized spacial score (nSPS) is 12.3. The molecule has 100 valence electrons. The van der Waals surface area contributed by atoms with Gasteiger partial charge >= 0.3 is 0 Å². The van der Waals surface area contributed by atoms with Gasteiger partial charge in [0.1, 0.15) is 5.75 Å². The van der Waals surface area contributed by atoms with Crippen LogP contribution in [0.3, 0.4) is 0 Å². The number of ether oxygens (including phenoxy) is 1. The Morgan fingerprint density at radius 2 is 1.79 bits per heavy atom. The molecule has 2 aromatic carbocycles. The SMILES string of the molecule is COc1c(Br)cc(Cl)cc1C(N)c1ccccc1Br. The van der Waals surface area contributed by atoms with Gasteiger partial charge in [0.25, 0.3) is 0 Å². The summed E-state index contributed by atoms with van der Waals surface area (Å²) < 4.78 is 7.16. The lowest BCUT2D eigenvalue weighted by atomic mass is 9.99. The summed E-state index contributed by atoms with van der Waals surface area (Å²) in [5.74, 6) is 0.702. The summed E-state index contributed by atoms with van der Waals surface area (Å²) in [6.45, 7) is 0. The van der Waals surface area contributed by atoms with Gasteiger partial charge in [-0.1, -0.05) is 45.7 Å². The van der Waals surface area contributed by atoms with Gasteiger partial charge < -0.3 is 10.5 Å². The first-order valence-electron chi connectivity index (χ1n) is 5.57. The van der Waals surface area contributed by atoms with Gasteiger partial charge in [-0.05, 0) is 39.7 Å². The number of benzene rings is 2. The first kappa shape index (κ1) is 14.9. The average Bonchev–Trinajstić information content (AvgIpc) is 2.37. The summed E-state index contributed by atoms with van der Waals surface area (Å²) in [6.07, 6.45) is 0. The highest BCUT2D eigenvalue weighted by atomic mass is 79.9. The monoisotopic (exact) mass is 403 g/mol. The molecule has 0 fully saturated rings. The van der Waals surface area contributed by atoms with E-state index < -0.39 is 0 Å². The van der Waals surface area contributed by atoms with E-state index in [9.17, 15) is 0 Å². The first-order valence-corrected chi connectivity index (χ1v) is 7.54. The minimum Gasteiger partial charge on any atom is -0.495 e. The Morgan fingerprint density at radius 3 is 2.42 bits per heavy atom. The number of nitrogens with two attached hydrogens (primary N) is 1. The molecule has 0 bridgehead atoms. The minimum absolute atomic E-state index is 0.319. The maximum atomic E-state index is 6.34. The van der Waals surface area contributed by atoms with Crippen LogP contribution in [0, 0.1) is 0 Å². The largest absolute Gasteiger partial charge is 0.495 e. The highest BCUT2D eigenvalue weighted by Gasteiger charge is 2.19. The van der Waals surface area contributed by atoms with E-state index in [1.165, 1.54) is 0 Å². The Hall–Kier alpha value is -0.550. The van der Waals surface area contributed by atoms with E-state index in [2.05, 4.69) is 31.9 Å². The molecule has 5 heteroatoms. The topological polar surface area (TPSA) is 35.2 Å². The molecule has 0 aromatic heterocycles. The predicted molar refractivity (Wildman–Crippen MR) is 85.9 cm³/mol. The van der Waals surface area contributed by atoms with Crippen molar-refractivity contribution in [3.8, 4) is 5.75 Å². The number of halogens is 3. The Balaban J connectivity index is 2.55. The fraction of sp³-hybridized carbons (Fsp3) is 0.143. The zero-order chi connectivity index (χ0) is 14.0. The van der Waals surface area contributed by atoms with Gasteiger partial charge in [0.15, 0.2) is 0 Å².